The molecule has 0 atom stereocenters. The highest BCUT2D eigenvalue weighted by Crippen LogP contribution is 2.26. The van der Waals surface area contributed by atoms with Gasteiger partial charge in [0.05, 0.1) is 11.4 Å². The second-order valence-corrected chi connectivity index (χ2v) is 3.94. The number of rotatable bonds is 6. The van der Waals surface area contributed by atoms with Gasteiger partial charge >= 0.3 is 0 Å². The van der Waals surface area contributed by atoms with E-state index in [9.17, 15) is 0 Å². The normalized spacial score (nSPS) is 10.4. The van der Waals surface area contributed by atoms with Gasteiger partial charge < -0.3 is 0 Å². The van der Waals surface area contributed by atoms with Crippen molar-refractivity contribution in [3.05, 3.63) is 30.1 Å². The molecule has 2 nitrogen and oxygen atoms in total. The first-order chi connectivity index (χ1) is 7.69. The van der Waals surface area contributed by atoms with E-state index in [1.807, 2.05) is 10.8 Å². The van der Waals surface area contributed by atoms with Gasteiger partial charge in [-0.1, -0.05) is 39.5 Å². The van der Waals surface area contributed by atoms with Crippen molar-refractivity contribution in [3.8, 4) is 0 Å². The largest absolute Gasteiger partial charge is 0.265 e. The summed E-state index contributed by atoms with van der Waals surface area (Å²) >= 11 is 0. The van der Waals surface area contributed by atoms with Gasteiger partial charge in [-0.05, 0) is 25.3 Å². The van der Waals surface area contributed by atoms with Crippen LogP contribution in [0.5, 0.6) is 0 Å². The molecule has 0 aromatic carbocycles. The van der Waals surface area contributed by atoms with Crippen LogP contribution in [0.25, 0.3) is 11.6 Å². The summed E-state index contributed by atoms with van der Waals surface area (Å²) in [5, 5.41) is 4.61. The molecule has 0 aliphatic heterocycles. The molecule has 0 unspecified atom stereocenters. The second kappa shape index (κ2) is 5.69. The van der Waals surface area contributed by atoms with Gasteiger partial charge in [0.15, 0.2) is 0 Å². The highest BCUT2D eigenvalue weighted by atomic mass is 15.3. The van der Waals surface area contributed by atoms with Crippen molar-refractivity contribution in [1.82, 2.24) is 9.78 Å². The first-order valence-electron chi connectivity index (χ1n) is 6.09. The van der Waals surface area contributed by atoms with Crippen LogP contribution in [0.2, 0.25) is 0 Å². The van der Waals surface area contributed by atoms with Crippen molar-refractivity contribution in [2.24, 2.45) is 0 Å². The number of aromatic nitrogens is 2. The third kappa shape index (κ3) is 2.26. The Hall–Kier alpha value is -1.31. The molecule has 0 fully saturated rings. The summed E-state index contributed by atoms with van der Waals surface area (Å²) in [7, 11) is 0. The van der Waals surface area contributed by atoms with Gasteiger partial charge in [-0.25, -0.2) is 0 Å². The zero-order chi connectivity index (χ0) is 12.1. The smallest absolute Gasteiger partial charge is 0.0711 e. The van der Waals surface area contributed by atoms with E-state index in [-0.39, 0.29) is 0 Å². The van der Waals surface area contributed by atoms with Crippen molar-refractivity contribution < 1.29 is 0 Å². The van der Waals surface area contributed by atoms with Crippen molar-refractivity contribution in [3.63, 3.8) is 0 Å². The minimum absolute atomic E-state index is 0.888. The van der Waals surface area contributed by atoms with E-state index < -0.39 is 0 Å². The van der Waals surface area contributed by atoms with E-state index in [1.54, 1.807) is 0 Å². The fourth-order valence-corrected chi connectivity index (χ4v) is 2.02. The Kier molecular flexibility index (Phi) is 4.53. The molecule has 0 N–H and O–H groups in total. The van der Waals surface area contributed by atoms with Crippen LogP contribution in [0.3, 0.4) is 0 Å². The molecule has 0 saturated carbocycles. The van der Waals surface area contributed by atoms with Crippen LogP contribution >= 0.6 is 0 Å². The minimum Gasteiger partial charge on any atom is -0.265 e. The zero-order valence-electron chi connectivity index (χ0n) is 10.7. The fraction of sp³-hybridized carbons (Fsp3) is 0.500. The van der Waals surface area contributed by atoms with Crippen LogP contribution in [0.15, 0.2) is 13.2 Å². The maximum absolute atomic E-state index is 4.61. The van der Waals surface area contributed by atoms with E-state index >= 15 is 0 Å². The molecule has 16 heavy (non-hydrogen) atoms. The predicted octanol–water partition coefficient (Wildman–Crippen LogP) is 3.92. The molecular weight excluding hydrogens is 196 g/mol. The molecule has 1 aromatic rings. The Morgan fingerprint density at radius 3 is 2.50 bits per heavy atom. The summed E-state index contributed by atoms with van der Waals surface area (Å²) in [5.41, 5.74) is 4.65. The lowest BCUT2D eigenvalue weighted by Gasteiger charge is -2.08. The van der Waals surface area contributed by atoms with Crippen molar-refractivity contribution in [2.45, 2.75) is 46.6 Å². The lowest BCUT2D eigenvalue weighted by atomic mass is 10.0. The van der Waals surface area contributed by atoms with Crippen LogP contribution in [-0.2, 0) is 13.0 Å². The second-order valence-electron chi connectivity index (χ2n) is 3.94. The number of hydrogen-bond donors (Lipinski definition) is 0. The summed E-state index contributed by atoms with van der Waals surface area (Å²) in [6.45, 7) is 15.4. The van der Waals surface area contributed by atoms with Gasteiger partial charge in [0.1, 0.15) is 0 Å². The maximum Gasteiger partial charge on any atom is 0.0711 e. The molecule has 0 radical (unpaired) electrons. The Labute approximate surface area is 98.7 Å². The van der Waals surface area contributed by atoms with Crippen LogP contribution < -0.4 is 0 Å². The van der Waals surface area contributed by atoms with Gasteiger partial charge in [0, 0.05) is 12.1 Å². The summed E-state index contributed by atoms with van der Waals surface area (Å²) < 4.78 is 2.05. The first kappa shape index (κ1) is 12.8. The molecule has 1 rings (SSSR count). The number of nitrogens with zero attached hydrogens (tertiary/aromatic N) is 2. The molecule has 0 saturated heterocycles. The molecule has 2 heteroatoms. The lowest BCUT2D eigenvalue weighted by Crippen LogP contribution is -2.02. The maximum atomic E-state index is 4.61. The summed E-state index contributed by atoms with van der Waals surface area (Å²) in [6.07, 6.45) is 5.00. The predicted molar refractivity (Wildman–Crippen MR) is 71.3 cm³/mol. The van der Waals surface area contributed by atoms with Crippen molar-refractivity contribution in [1.29, 1.82) is 0 Å². The van der Waals surface area contributed by atoms with E-state index in [0.717, 1.165) is 31.5 Å². The lowest BCUT2D eigenvalue weighted by molar-refractivity contribution is 0.638. The molecule has 0 aliphatic carbocycles. The Bertz CT molecular complexity index is 386. The molecule has 0 bridgehead atoms. The standard InChI is InChI=1S/C14H22N2/c1-6-10-11(5)14-12(7-2)13(8-3)15-16(14)9-4/h7H,2,5-6,8-10H2,1,3-4H3. The Morgan fingerprint density at radius 2 is 2.06 bits per heavy atom. The summed E-state index contributed by atoms with van der Waals surface area (Å²) in [6, 6.07) is 0. The Balaban J connectivity index is 3.27. The third-order valence-corrected chi connectivity index (χ3v) is 2.79. The highest BCUT2D eigenvalue weighted by Gasteiger charge is 2.15. The third-order valence-electron chi connectivity index (χ3n) is 2.79. The molecule has 88 valence electrons. The molecular formula is C14H22N2. The van der Waals surface area contributed by atoms with Crippen LogP contribution in [-0.4, -0.2) is 9.78 Å². The summed E-state index contributed by atoms with van der Waals surface area (Å²) in [4.78, 5) is 0. The van der Waals surface area contributed by atoms with Crippen molar-refractivity contribution >= 4 is 11.6 Å². The first-order valence-corrected chi connectivity index (χ1v) is 6.09. The van der Waals surface area contributed by atoms with E-state index in [2.05, 4.69) is 39.0 Å². The molecule has 0 aliphatic rings. The van der Waals surface area contributed by atoms with Gasteiger partial charge in [0.25, 0.3) is 0 Å². The molecule has 0 amide bonds. The monoisotopic (exact) mass is 218 g/mol. The van der Waals surface area contributed by atoms with Gasteiger partial charge in [-0.3, -0.25) is 4.68 Å². The fourth-order valence-electron chi connectivity index (χ4n) is 2.02. The molecule has 0 spiro atoms. The molecule has 1 heterocycles. The number of allylic oxidation sites excluding steroid dienone is 1. The average molecular weight is 218 g/mol. The summed E-state index contributed by atoms with van der Waals surface area (Å²) in [5.74, 6) is 0. The van der Waals surface area contributed by atoms with E-state index in [4.69, 9.17) is 0 Å². The Morgan fingerprint density at radius 1 is 1.38 bits per heavy atom. The van der Waals surface area contributed by atoms with Gasteiger partial charge in [-0.15, -0.1) is 0 Å². The van der Waals surface area contributed by atoms with Crippen molar-refractivity contribution in [2.75, 3.05) is 0 Å². The highest BCUT2D eigenvalue weighted by molar-refractivity contribution is 5.71. The van der Waals surface area contributed by atoms with Crippen LogP contribution in [0.1, 0.15) is 50.6 Å². The zero-order valence-corrected chi connectivity index (χ0v) is 10.7. The number of hydrogen-bond acceptors (Lipinski definition) is 1. The molecule has 1 aromatic heterocycles. The topological polar surface area (TPSA) is 17.8 Å². The quantitative estimate of drug-likeness (QED) is 0.707. The van der Waals surface area contributed by atoms with Gasteiger partial charge in [0.2, 0.25) is 0 Å². The van der Waals surface area contributed by atoms with Crippen LogP contribution in [0.4, 0.5) is 0 Å². The average Bonchev–Trinajstić information content (AvgIpc) is 2.66. The minimum atomic E-state index is 0.888. The SMILES string of the molecule is C=Cc1c(CC)nn(CC)c1C(=C)CCC. The van der Waals surface area contributed by atoms with Crippen LogP contribution in [0, 0.1) is 0 Å². The van der Waals surface area contributed by atoms with Gasteiger partial charge in [-0.2, -0.15) is 5.10 Å². The van der Waals surface area contributed by atoms with E-state index in [0.29, 0.717) is 0 Å². The van der Waals surface area contributed by atoms with E-state index in [1.165, 1.54) is 16.8 Å². The number of aryl methyl sites for hydroxylation is 2.